The fraction of sp³-hybridized carbons (Fsp3) is 0.368. The number of nitrogens with two attached hydrogens (primary N) is 1. The van der Waals surface area contributed by atoms with Gasteiger partial charge in [-0.25, -0.2) is 4.98 Å². The topological polar surface area (TPSA) is 63.7 Å². The van der Waals surface area contributed by atoms with Crippen LogP contribution in [-0.4, -0.2) is 36.9 Å². The quantitative estimate of drug-likeness (QED) is 0.679. The predicted octanol–water partition coefficient (Wildman–Crippen LogP) is 2.88. The molecule has 1 saturated carbocycles. The minimum atomic E-state index is 0.363. The van der Waals surface area contributed by atoms with Crippen LogP contribution in [0.5, 0.6) is 5.75 Å². The Bertz CT molecular complexity index is 779. The fourth-order valence-electron chi connectivity index (χ4n) is 2.88. The van der Waals surface area contributed by atoms with Gasteiger partial charge in [-0.15, -0.1) is 0 Å². The maximum atomic E-state index is 6.22. The van der Waals surface area contributed by atoms with Gasteiger partial charge in [-0.1, -0.05) is 0 Å². The molecule has 1 saturated heterocycles. The average molecular weight is 322 g/mol. The summed E-state index contributed by atoms with van der Waals surface area (Å²) in [5.74, 6) is 1.86. The Labute approximate surface area is 142 Å². The molecule has 0 spiro atoms. The van der Waals surface area contributed by atoms with E-state index in [1.165, 1.54) is 6.42 Å². The number of nitrogen functional groups attached to an aromatic ring is 1. The van der Waals surface area contributed by atoms with Gasteiger partial charge >= 0.3 is 0 Å². The molecular formula is C19H22N4O. The monoisotopic (exact) mass is 322 g/mol. The summed E-state index contributed by atoms with van der Waals surface area (Å²) in [5.41, 5.74) is 9.75. The van der Waals surface area contributed by atoms with Crippen LogP contribution in [0.1, 0.15) is 30.4 Å². The van der Waals surface area contributed by atoms with E-state index in [0.29, 0.717) is 11.8 Å². The SMILES string of the molecule is CN=C(c1ccnc(N2CCC2)c1)c1cc(OC2CC2)ccc1N. The number of aromatic nitrogens is 1. The van der Waals surface area contributed by atoms with E-state index in [1.54, 1.807) is 7.05 Å². The Hall–Kier alpha value is -2.56. The normalized spacial score (nSPS) is 17.5. The summed E-state index contributed by atoms with van der Waals surface area (Å²) in [4.78, 5) is 11.2. The maximum absolute atomic E-state index is 6.22. The number of ether oxygens (including phenoxy) is 1. The molecule has 2 aliphatic rings. The number of rotatable bonds is 5. The fourth-order valence-corrected chi connectivity index (χ4v) is 2.88. The molecule has 0 bridgehead atoms. The molecule has 5 heteroatoms. The first-order chi connectivity index (χ1) is 11.7. The van der Waals surface area contributed by atoms with E-state index in [4.69, 9.17) is 10.5 Å². The van der Waals surface area contributed by atoms with Crippen LogP contribution < -0.4 is 15.4 Å². The van der Waals surface area contributed by atoms with Gasteiger partial charge in [-0.3, -0.25) is 4.99 Å². The number of anilines is 2. The third kappa shape index (κ3) is 2.94. The van der Waals surface area contributed by atoms with E-state index in [1.807, 2.05) is 30.5 Å². The Balaban J connectivity index is 1.68. The summed E-state index contributed by atoms with van der Waals surface area (Å²) in [5, 5.41) is 0. The zero-order chi connectivity index (χ0) is 16.5. The van der Waals surface area contributed by atoms with Crippen LogP contribution in [0.25, 0.3) is 0 Å². The van der Waals surface area contributed by atoms with E-state index in [-0.39, 0.29) is 0 Å². The number of pyridine rings is 1. The highest BCUT2D eigenvalue weighted by atomic mass is 16.5. The zero-order valence-electron chi connectivity index (χ0n) is 13.9. The molecule has 2 N–H and O–H groups in total. The number of benzene rings is 1. The predicted molar refractivity (Wildman–Crippen MR) is 97.1 cm³/mol. The van der Waals surface area contributed by atoms with Crippen LogP contribution in [0.2, 0.25) is 0 Å². The van der Waals surface area contributed by atoms with E-state index in [0.717, 1.165) is 54.3 Å². The van der Waals surface area contributed by atoms with Gasteiger partial charge in [-0.2, -0.15) is 0 Å². The third-order valence-corrected chi connectivity index (χ3v) is 4.53. The van der Waals surface area contributed by atoms with Crippen LogP contribution in [0.4, 0.5) is 11.5 Å². The maximum Gasteiger partial charge on any atom is 0.129 e. The second-order valence-corrected chi connectivity index (χ2v) is 6.38. The van der Waals surface area contributed by atoms with Crippen molar-refractivity contribution in [2.45, 2.75) is 25.4 Å². The number of aliphatic imine (C=N–C) groups is 1. The van der Waals surface area contributed by atoms with Gasteiger partial charge < -0.3 is 15.4 Å². The lowest BCUT2D eigenvalue weighted by Gasteiger charge is -2.32. The molecule has 1 aliphatic carbocycles. The average Bonchev–Trinajstić information content (AvgIpc) is 3.34. The van der Waals surface area contributed by atoms with Gasteiger partial charge in [0.25, 0.3) is 0 Å². The molecule has 0 unspecified atom stereocenters. The van der Waals surface area contributed by atoms with Crippen molar-refractivity contribution in [3.63, 3.8) is 0 Å². The highest BCUT2D eigenvalue weighted by Crippen LogP contribution is 2.30. The Morgan fingerprint density at radius 1 is 1.25 bits per heavy atom. The van der Waals surface area contributed by atoms with Crippen molar-refractivity contribution in [2.75, 3.05) is 30.8 Å². The van der Waals surface area contributed by atoms with Gasteiger partial charge in [0.05, 0.1) is 11.8 Å². The molecule has 1 aromatic heterocycles. The van der Waals surface area contributed by atoms with E-state index in [9.17, 15) is 0 Å². The first-order valence-electron chi connectivity index (χ1n) is 8.49. The van der Waals surface area contributed by atoms with Crippen molar-refractivity contribution in [3.8, 4) is 5.75 Å². The van der Waals surface area contributed by atoms with Crippen molar-refractivity contribution in [1.29, 1.82) is 0 Å². The molecule has 0 radical (unpaired) electrons. The van der Waals surface area contributed by atoms with Crippen molar-refractivity contribution >= 4 is 17.2 Å². The molecule has 24 heavy (non-hydrogen) atoms. The number of hydrogen-bond acceptors (Lipinski definition) is 5. The van der Waals surface area contributed by atoms with Crippen LogP contribution in [0.3, 0.4) is 0 Å². The minimum absolute atomic E-state index is 0.363. The Morgan fingerprint density at radius 3 is 2.75 bits per heavy atom. The molecule has 0 atom stereocenters. The smallest absolute Gasteiger partial charge is 0.129 e. The molecule has 2 fully saturated rings. The highest BCUT2D eigenvalue weighted by Gasteiger charge is 2.24. The number of nitrogens with zero attached hydrogens (tertiary/aromatic N) is 3. The first kappa shape index (κ1) is 15.0. The number of hydrogen-bond donors (Lipinski definition) is 1. The Kier molecular flexibility index (Phi) is 3.84. The summed E-state index contributed by atoms with van der Waals surface area (Å²) in [7, 11) is 1.80. The molecule has 1 aromatic carbocycles. The molecule has 2 aromatic rings. The van der Waals surface area contributed by atoms with Crippen molar-refractivity contribution in [3.05, 3.63) is 47.7 Å². The van der Waals surface area contributed by atoms with E-state index >= 15 is 0 Å². The van der Waals surface area contributed by atoms with Crippen molar-refractivity contribution in [1.82, 2.24) is 4.98 Å². The first-order valence-corrected chi connectivity index (χ1v) is 8.49. The van der Waals surface area contributed by atoms with E-state index in [2.05, 4.69) is 20.9 Å². The lowest BCUT2D eigenvalue weighted by atomic mass is 10.0. The van der Waals surface area contributed by atoms with Crippen LogP contribution in [-0.2, 0) is 0 Å². The van der Waals surface area contributed by atoms with Crippen molar-refractivity contribution in [2.24, 2.45) is 4.99 Å². The summed E-state index contributed by atoms with van der Waals surface area (Å²) >= 11 is 0. The molecular weight excluding hydrogens is 300 g/mol. The highest BCUT2D eigenvalue weighted by molar-refractivity contribution is 6.16. The van der Waals surface area contributed by atoms with E-state index < -0.39 is 0 Å². The summed E-state index contributed by atoms with van der Waals surface area (Å²) in [6.07, 6.45) is 5.71. The molecule has 5 nitrogen and oxygen atoms in total. The van der Waals surface area contributed by atoms with Gasteiger partial charge in [0.2, 0.25) is 0 Å². The van der Waals surface area contributed by atoms with Gasteiger partial charge in [0, 0.05) is 43.1 Å². The standard InChI is InChI=1S/C19H22N4O/c1-21-19(13-7-8-22-18(11-13)23-9-2-10-23)16-12-15(5-6-17(16)20)24-14-3-4-14/h5-8,11-12,14H,2-4,9-10,20H2,1H3. The van der Waals surface area contributed by atoms with Crippen LogP contribution in [0, 0.1) is 0 Å². The minimum Gasteiger partial charge on any atom is -0.490 e. The molecule has 0 amide bonds. The van der Waals surface area contributed by atoms with Gasteiger partial charge in [0.15, 0.2) is 0 Å². The molecule has 124 valence electrons. The summed E-state index contributed by atoms with van der Waals surface area (Å²) < 4.78 is 5.91. The van der Waals surface area contributed by atoms with Crippen LogP contribution >= 0.6 is 0 Å². The second kappa shape index (κ2) is 6.15. The Morgan fingerprint density at radius 2 is 2.08 bits per heavy atom. The second-order valence-electron chi connectivity index (χ2n) is 6.38. The molecule has 4 rings (SSSR count). The zero-order valence-corrected chi connectivity index (χ0v) is 13.9. The molecule has 1 aliphatic heterocycles. The van der Waals surface area contributed by atoms with Crippen LogP contribution in [0.15, 0.2) is 41.5 Å². The van der Waals surface area contributed by atoms with Gasteiger partial charge in [0.1, 0.15) is 11.6 Å². The third-order valence-electron chi connectivity index (χ3n) is 4.53. The lowest BCUT2D eigenvalue weighted by Crippen LogP contribution is -2.37. The lowest BCUT2D eigenvalue weighted by molar-refractivity contribution is 0.303. The summed E-state index contributed by atoms with van der Waals surface area (Å²) in [6.45, 7) is 2.14. The van der Waals surface area contributed by atoms with Gasteiger partial charge in [-0.05, 0) is 49.6 Å². The summed E-state index contributed by atoms with van der Waals surface area (Å²) in [6, 6.07) is 9.91. The molecule has 2 heterocycles. The van der Waals surface area contributed by atoms with Crippen molar-refractivity contribution < 1.29 is 4.74 Å². The largest absolute Gasteiger partial charge is 0.490 e.